The van der Waals surface area contributed by atoms with E-state index in [9.17, 15) is 17.6 Å². The minimum absolute atomic E-state index is 0. The van der Waals surface area contributed by atoms with Crippen LogP contribution >= 0.6 is 12.4 Å². The maximum absolute atomic E-state index is 12.5. The standard InChI is InChI=1S/C7H5F4N.ClH/c8-5-3-4(7(9,10)11)1-2-6(5)12;/h1-3H,12H2;1H. The van der Waals surface area contributed by atoms with Gasteiger partial charge in [-0.05, 0) is 18.2 Å². The molecule has 2 N–H and O–H groups in total. The molecule has 0 aliphatic rings. The van der Waals surface area contributed by atoms with Gasteiger partial charge in [0, 0.05) is 0 Å². The van der Waals surface area contributed by atoms with Crippen molar-refractivity contribution < 1.29 is 17.6 Å². The zero-order valence-corrected chi connectivity index (χ0v) is 7.05. The van der Waals surface area contributed by atoms with E-state index in [2.05, 4.69) is 0 Å². The van der Waals surface area contributed by atoms with E-state index < -0.39 is 17.6 Å². The van der Waals surface area contributed by atoms with Crippen LogP contribution in [0.5, 0.6) is 0 Å². The molecule has 0 fully saturated rings. The fourth-order valence-electron chi connectivity index (χ4n) is 0.703. The summed E-state index contributed by atoms with van der Waals surface area (Å²) in [6, 6.07) is 1.99. The molecule has 0 aliphatic heterocycles. The quantitative estimate of drug-likeness (QED) is 0.523. The van der Waals surface area contributed by atoms with Crippen LogP contribution in [0.2, 0.25) is 0 Å². The lowest BCUT2D eigenvalue weighted by molar-refractivity contribution is -0.137. The van der Waals surface area contributed by atoms with Gasteiger partial charge in [-0.2, -0.15) is 13.2 Å². The molecule has 0 bridgehead atoms. The van der Waals surface area contributed by atoms with Crippen LogP contribution in [-0.2, 0) is 6.18 Å². The molecular formula is C7H6ClF4N. The minimum atomic E-state index is -4.52. The summed E-state index contributed by atoms with van der Waals surface area (Å²) in [4.78, 5) is 0. The van der Waals surface area contributed by atoms with Crippen LogP contribution < -0.4 is 5.73 Å². The Bertz CT molecular complexity index is 297. The highest BCUT2D eigenvalue weighted by atomic mass is 35.5. The number of nitrogen functional groups attached to an aromatic ring is 1. The minimum Gasteiger partial charge on any atom is -0.396 e. The molecule has 0 spiro atoms. The summed E-state index contributed by atoms with van der Waals surface area (Å²) >= 11 is 0. The Morgan fingerprint density at radius 1 is 1.15 bits per heavy atom. The highest BCUT2D eigenvalue weighted by Crippen LogP contribution is 2.30. The molecule has 1 aromatic carbocycles. The van der Waals surface area contributed by atoms with Crippen molar-refractivity contribution in [3.05, 3.63) is 29.6 Å². The molecule has 0 saturated carbocycles. The van der Waals surface area contributed by atoms with E-state index in [1.165, 1.54) is 0 Å². The van der Waals surface area contributed by atoms with E-state index in [1.54, 1.807) is 0 Å². The lowest BCUT2D eigenvalue weighted by Crippen LogP contribution is -2.05. The molecule has 0 heterocycles. The molecule has 6 heteroatoms. The molecule has 1 rings (SSSR count). The van der Waals surface area contributed by atoms with Crippen molar-refractivity contribution in [3.63, 3.8) is 0 Å². The van der Waals surface area contributed by atoms with Gasteiger partial charge in [-0.3, -0.25) is 0 Å². The summed E-state index contributed by atoms with van der Waals surface area (Å²) in [6.45, 7) is 0. The van der Waals surface area contributed by atoms with E-state index in [-0.39, 0.29) is 18.1 Å². The van der Waals surface area contributed by atoms with Gasteiger partial charge in [0.25, 0.3) is 0 Å². The van der Waals surface area contributed by atoms with Crippen molar-refractivity contribution in [1.29, 1.82) is 0 Å². The van der Waals surface area contributed by atoms with Crippen molar-refractivity contribution in [2.24, 2.45) is 0 Å². The maximum Gasteiger partial charge on any atom is 0.416 e. The third-order valence-corrected chi connectivity index (χ3v) is 1.33. The van der Waals surface area contributed by atoms with Gasteiger partial charge >= 0.3 is 6.18 Å². The summed E-state index contributed by atoms with van der Waals surface area (Å²) < 4.78 is 48.2. The normalized spacial score (nSPS) is 10.8. The average molecular weight is 216 g/mol. The Balaban J connectivity index is 0.00000144. The SMILES string of the molecule is Cl.Nc1ccc(C(F)(F)F)cc1F. The molecule has 0 aliphatic carbocycles. The smallest absolute Gasteiger partial charge is 0.396 e. The second kappa shape index (κ2) is 3.83. The van der Waals surface area contributed by atoms with E-state index in [1.807, 2.05) is 0 Å². The van der Waals surface area contributed by atoms with Crippen molar-refractivity contribution >= 4 is 18.1 Å². The van der Waals surface area contributed by atoms with E-state index in [0.717, 1.165) is 12.1 Å². The largest absolute Gasteiger partial charge is 0.416 e. The van der Waals surface area contributed by atoms with Gasteiger partial charge in [0.2, 0.25) is 0 Å². The van der Waals surface area contributed by atoms with Gasteiger partial charge in [-0.1, -0.05) is 0 Å². The molecule has 13 heavy (non-hydrogen) atoms. The highest BCUT2D eigenvalue weighted by molar-refractivity contribution is 5.85. The Morgan fingerprint density at radius 2 is 1.69 bits per heavy atom. The fraction of sp³-hybridized carbons (Fsp3) is 0.143. The lowest BCUT2D eigenvalue weighted by Gasteiger charge is -2.06. The summed E-state index contributed by atoms with van der Waals surface area (Å²) in [5.41, 5.74) is 3.67. The molecule has 1 aromatic rings. The van der Waals surface area contributed by atoms with Gasteiger partial charge in [0.05, 0.1) is 11.3 Å². The average Bonchev–Trinajstić information content (AvgIpc) is 1.92. The molecule has 0 saturated heterocycles. The molecule has 0 aromatic heterocycles. The highest BCUT2D eigenvalue weighted by Gasteiger charge is 2.30. The molecule has 0 unspecified atom stereocenters. The molecule has 74 valence electrons. The van der Waals surface area contributed by atoms with E-state index in [0.29, 0.717) is 6.07 Å². The zero-order chi connectivity index (χ0) is 9.35. The topological polar surface area (TPSA) is 26.0 Å². The van der Waals surface area contributed by atoms with Crippen LogP contribution in [0.3, 0.4) is 0 Å². The van der Waals surface area contributed by atoms with Crippen LogP contribution in [0.4, 0.5) is 23.2 Å². The molecule has 0 amide bonds. The Kier molecular flexibility index (Phi) is 3.54. The van der Waals surface area contributed by atoms with Crippen LogP contribution in [0.25, 0.3) is 0 Å². The summed E-state index contributed by atoms with van der Waals surface area (Å²) in [5.74, 6) is -1.05. The van der Waals surface area contributed by atoms with Gasteiger partial charge in [0.1, 0.15) is 5.82 Å². The van der Waals surface area contributed by atoms with Gasteiger partial charge in [-0.25, -0.2) is 4.39 Å². The van der Waals surface area contributed by atoms with Gasteiger partial charge < -0.3 is 5.73 Å². The Hall–Kier alpha value is -0.970. The number of benzene rings is 1. The number of hydrogen-bond donors (Lipinski definition) is 1. The first-order valence-corrected chi connectivity index (χ1v) is 3.03. The summed E-state index contributed by atoms with van der Waals surface area (Å²) in [6.07, 6.45) is -4.52. The second-order valence-corrected chi connectivity index (χ2v) is 2.23. The lowest BCUT2D eigenvalue weighted by atomic mass is 10.2. The third kappa shape index (κ3) is 2.77. The Labute approximate surface area is 78.0 Å². The third-order valence-electron chi connectivity index (χ3n) is 1.33. The van der Waals surface area contributed by atoms with E-state index >= 15 is 0 Å². The number of rotatable bonds is 0. The van der Waals surface area contributed by atoms with Crippen molar-refractivity contribution in [2.75, 3.05) is 5.73 Å². The maximum atomic E-state index is 12.5. The van der Waals surface area contributed by atoms with Crippen molar-refractivity contribution in [2.45, 2.75) is 6.18 Å². The van der Waals surface area contributed by atoms with Gasteiger partial charge in [-0.15, -0.1) is 12.4 Å². The summed E-state index contributed by atoms with van der Waals surface area (Å²) in [5, 5.41) is 0. The summed E-state index contributed by atoms with van der Waals surface area (Å²) in [7, 11) is 0. The number of hydrogen-bond acceptors (Lipinski definition) is 1. The number of halogens is 5. The Morgan fingerprint density at radius 3 is 2.08 bits per heavy atom. The first-order valence-electron chi connectivity index (χ1n) is 3.03. The predicted molar refractivity (Wildman–Crippen MR) is 43.1 cm³/mol. The number of alkyl halides is 3. The molecular weight excluding hydrogens is 210 g/mol. The first kappa shape index (κ1) is 12.0. The van der Waals surface area contributed by atoms with Crippen molar-refractivity contribution in [3.8, 4) is 0 Å². The van der Waals surface area contributed by atoms with Crippen molar-refractivity contribution in [1.82, 2.24) is 0 Å². The van der Waals surface area contributed by atoms with Crippen LogP contribution in [-0.4, -0.2) is 0 Å². The van der Waals surface area contributed by atoms with E-state index in [4.69, 9.17) is 5.73 Å². The second-order valence-electron chi connectivity index (χ2n) is 2.23. The number of anilines is 1. The van der Waals surface area contributed by atoms with Crippen LogP contribution in [0, 0.1) is 5.82 Å². The zero-order valence-electron chi connectivity index (χ0n) is 6.23. The number of nitrogens with two attached hydrogens (primary N) is 1. The monoisotopic (exact) mass is 215 g/mol. The van der Waals surface area contributed by atoms with Crippen LogP contribution in [0.15, 0.2) is 18.2 Å². The van der Waals surface area contributed by atoms with Gasteiger partial charge in [0.15, 0.2) is 0 Å². The molecule has 1 nitrogen and oxygen atoms in total. The predicted octanol–water partition coefficient (Wildman–Crippen LogP) is 2.85. The fourth-order valence-corrected chi connectivity index (χ4v) is 0.703. The molecule has 0 radical (unpaired) electrons. The first-order chi connectivity index (χ1) is 5.41. The van der Waals surface area contributed by atoms with Crippen LogP contribution in [0.1, 0.15) is 5.56 Å². The molecule has 0 atom stereocenters.